The van der Waals surface area contributed by atoms with Gasteiger partial charge in [0.15, 0.2) is 0 Å². The first-order valence-corrected chi connectivity index (χ1v) is 8.63. The van der Waals surface area contributed by atoms with Crippen LogP contribution in [0.15, 0.2) is 0 Å². The Bertz CT molecular complexity index is 113. The molecule has 1 nitrogen and oxygen atoms in total. The molecule has 2 atom stereocenters. The summed E-state index contributed by atoms with van der Waals surface area (Å²) in [5.41, 5.74) is 0. The van der Waals surface area contributed by atoms with Gasteiger partial charge in [-0.15, -0.1) is 0 Å². The maximum Gasteiger partial charge on any atom is 0.109 e. The SMILES string of the molecule is ISCCCC1CCC(I)O1. The van der Waals surface area contributed by atoms with Crippen molar-refractivity contribution >= 4 is 52.7 Å². The molecular formula is C7H12I2OS. The third kappa shape index (κ3) is 4.52. The van der Waals surface area contributed by atoms with Gasteiger partial charge in [-0.3, -0.25) is 0 Å². The molecule has 1 rings (SSSR count). The highest BCUT2D eigenvalue weighted by Crippen LogP contribution is 2.27. The molecule has 1 saturated heterocycles. The number of hydrogen-bond acceptors (Lipinski definition) is 2. The highest BCUT2D eigenvalue weighted by molar-refractivity contribution is 14.2. The first-order chi connectivity index (χ1) is 5.33. The van der Waals surface area contributed by atoms with E-state index >= 15 is 0 Å². The molecule has 0 aromatic carbocycles. The molecule has 0 saturated carbocycles. The highest BCUT2D eigenvalue weighted by atomic mass is 127. The summed E-state index contributed by atoms with van der Waals surface area (Å²) >= 11 is 4.73. The zero-order valence-electron chi connectivity index (χ0n) is 6.26. The van der Waals surface area contributed by atoms with Crippen LogP contribution in [0.2, 0.25) is 0 Å². The van der Waals surface area contributed by atoms with Crippen LogP contribution in [0.5, 0.6) is 0 Å². The summed E-state index contributed by atoms with van der Waals surface area (Å²) in [6, 6.07) is 0. The fraction of sp³-hybridized carbons (Fsp3) is 1.00. The van der Waals surface area contributed by atoms with E-state index < -0.39 is 0 Å². The van der Waals surface area contributed by atoms with Gasteiger partial charge in [0.1, 0.15) is 4.11 Å². The van der Waals surface area contributed by atoms with E-state index in [1.807, 2.05) is 8.93 Å². The van der Waals surface area contributed by atoms with Crippen molar-refractivity contribution in [1.82, 2.24) is 0 Å². The van der Waals surface area contributed by atoms with Crippen molar-refractivity contribution in [3.8, 4) is 0 Å². The van der Waals surface area contributed by atoms with E-state index in [0.717, 1.165) is 0 Å². The minimum absolute atomic E-state index is 0.491. The molecule has 2 unspecified atom stereocenters. The minimum atomic E-state index is 0.491. The second kappa shape index (κ2) is 6.26. The zero-order valence-corrected chi connectivity index (χ0v) is 11.4. The predicted molar refractivity (Wildman–Crippen MR) is 67.6 cm³/mol. The van der Waals surface area contributed by atoms with Gasteiger partial charge >= 0.3 is 0 Å². The molecule has 0 aromatic heterocycles. The first kappa shape index (κ1) is 10.8. The summed E-state index contributed by atoms with van der Waals surface area (Å²) in [6.45, 7) is 0. The van der Waals surface area contributed by atoms with Gasteiger partial charge in [-0.2, -0.15) is 0 Å². The fourth-order valence-electron chi connectivity index (χ4n) is 1.24. The molecule has 1 aliphatic heterocycles. The summed E-state index contributed by atoms with van der Waals surface area (Å²) in [5, 5.41) is 0. The van der Waals surface area contributed by atoms with Crippen molar-refractivity contribution in [3.05, 3.63) is 0 Å². The molecule has 0 bridgehead atoms. The van der Waals surface area contributed by atoms with Crippen LogP contribution in [-0.4, -0.2) is 16.0 Å². The zero-order chi connectivity index (χ0) is 8.10. The highest BCUT2D eigenvalue weighted by Gasteiger charge is 2.21. The second-order valence-electron chi connectivity index (χ2n) is 2.70. The quantitative estimate of drug-likeness (QED) is 0.405. The van der Waals surface area contributed by atoms with E-state index in [4.69, 9.17) is 4.74 Å². The van der Waals surface area contributed by atoms with E-state index in [9.17, 15) is 0 Å². The maximum atomic E-state index is 5.68. The Labute approximate surface area is 98.1 Å². The van der Waals surface area contributed by atoms with Gasteiger partial charge < -0.3 is 4.74 Å². The largest absolute Gasteiger partial charge is 0.365 e. The Balaban J connectivity index is 1.99. The molecule has 0 aromatic rings. The van der Waals surface area contributed by atoms with Crippen molar-refractivity contribution in [1.29, 1.82) is 0 Å². The Kier molecular flexibility index (Phi) is 6.17. The van der Waals surface area contributed by atoms with Gasteiger partial charge in [0.05, 0.1) is 6.10 Å². The molecule has 0 N–H and O–H groups in total. The van der Waals surface area contributed by atoms with Crippen molar-refractivity contribution in [2.45, 2.75) is 35.9 Å². The average molecular weight is 398 g/mol. The molecule has 0 aliphatic carbocycles. The van der Waals surface area contributed by atoms with Crippen molar-refractivity contribution in [2.24, 2.45) is 0 Å². The number of ether oxygens (including phenoxy) is 1. The Hall–Kier alpha value is 1.77. The van der Waals surface area contributed by atoms with Crippen molar-refractivity contribution < 1.29 is 4.74 Å². The topological polar surface area (TPSA) is 9.23 Å². The monoisotopic (exact) mass is 398 g/mol. The third-order valence-electron chi connectivity index (χ3n) is 1.80. The van der Waals surface area contributed by atoms with Crippen LogP contribution in [0.25, 0.3) is 0 Å². The van der Waals surface area contributed by atoms with Gasteiger partial charge in [0.25, 0.3) is 0 Å². The molecule has 0 amide bonds. The lowest BCUT2D eigenvalue weighted by Gasteiger charge is -2.08. The van der Waals surface area contributed by atoms with E-state index in [-0.39, 0.29) is 0 Å². The first-order valence-electron chi connectivity index (χ1n) is 3.86. The Morgan fingerprint density at radius 3 is 2.82 bits per heavy atom. The van der Waals surface area contributed by atoms with E-state index in [1.54, 1.807) is 0 Å². The molecule has 11 heavy (non-hydrogen) atoms. The lowest BCUT2D eigenvalue weighted by atomic mass is 10.1. The molecular weight excluding hydrogens is 386 g/mol. The smallest absolute Gasteiger partial charge is 0.109 e. The van der Waals surface area contributed by atoms with Gasteiger partial charge in [-0.1, -0.05) is 31.5 Å². The number of rotatable bonds is 4. The second-order valence-corrected chi connectivity index (χ2v) is 6.59. The van der Waals surface area contributed by atoms with Crippen LogP contribution in [0, 0.1) is 0 Å². The fourth-order valence-corrected chi connectivity index (χ4v) is 3.22. The molecule has 1 heterocycles. The van der Waals surface area contributed by atoms with Crippen LogP contribution < -0.4 is 0 Å². The lowest BCUT2D eigenvalue weighted by molar-refractivity contribution is 0.0939. The van der Waals surface area contributed by atoms with E-state index in [0.29, 0.717) is 10.2 Å². The number of alkyl halides is 1. The van der Waals surface area contributed by atoms with Crippen LogP contribution in [0.3, 0.4) is 0 Å². The van der Waals surface area contributed by atoms with Crippen molar-refractivity contribution in [2.75, 3.05) is 5.75 Å². The minimum Gasteiger partial charge on any atom is -0.365 e. The molecule has 0 spiro atoms. The average Bonchev–Trinajstić information content (AvgIpc) is 2.37. The number of halogens is 2. The summed E-state index contributed by atoms with van der Waals surface area (Å²) < 4.78 is 6.17. The van der Waals surface area contributed by atoms with Crippen LogP contribution >= 0.6 is 52.7 Å². The third-order valence-corrected chi connectivity index (χ3v) is 4.48. The summed E-state index contributed by atoms with van der Waals surface area (Å²) in [6.07, 6.45) is 5.67. The summed E-state index contributed by atoms with van der Waals surface area (Å²) in [4.78, 5) is 0. The van der Waals surface area contributed by atoms with Crippen LogP contribution in [-0.2, 0) is 4.74 Å². The van der Waals surface area contributed by atoms with Crippen molar-refractivity contribution in [3.63, 3.8) is 0 Å². The lowest BCUT2D eigenvalue weighted by Crippen LogP contribution is -2.06. The normalized spacial score (nSPS) is 31.1. The van der Waals surface area contributed by atoms with E-state index in [2.05, 4.69) is 43.8 Å². The summed E-state index contributed by atoms with van der Waals surface area (Å²) in [7, 11) is 1.90. The standard InChI is InChI=1S/C7H12I2OS/c8-7-4-3-6(10-7)2-1-5-11-9/h6-7H,1-5H2. The van der Waals surface area contributed by atoms with Gasteiger partial charge in [0.2, 0.25) is 0 Å². The van der Waals surface area contributed by atoms with Crippen LogP contribution in [0.1, 0.15) is 25.7 Å². The molecule has 0 radical (unpaired) electrons. The maximum absolute atomic E-state index is 5.68. The molecule has 1 fully saturated rings. The van der Waals surface area contributed by atoms with Gasteiger partial charge in [0, 0.05) is 5.75 Å². The van der Waals surface area contributed by atoms with Gasteiger partial charge in [-0.25, -0.2) is 0 Å². The summed E-state index contributed by atoms with van der Waals surface area (Å²) in [5.74, 6) is 1.27. The molecule has 4 heteroatoms. The number of hydrogen-bond donors (Lipinski definition) is 0. The molecule has 1 aliphatic rings. The predicted octanol–water partition coefficient (Wildman–Crippen LogP) is 3.79. The molecule has 66 valence electrons. The van der Waals surface area contributed by atoms with Crippen LogP contribution in [0.4, 0.5) is 0 Å². The Morgan fingerprint density at radius 1 is 1.45 bits per heavy atom. The van der Waals surface area contributed by atoms with Gasteiger partial charge in [-0.05, 0) is 46.9 Å². The Morgan fingerprint density at radius 2 is 2.27 bits per heavy atom. The van der Waals surface area contributed by atoms with E-state index in [1.165, 1.54) is 31.4 Å².